The molecule has 5 heteroatoms. The van der Waals surface area contributed by atoms with E-state index in [4.69, 9.17) is 5.26 Å². The Kier molecular flexibility index (Phi) is 3.89. The number of rotatable bonds is 1. The molecule has 0 N–H and O–H groups in total. The third-order valence-electron chi connectivity index (χ3n) is 1.59. The quantitative estimate of drug-likeness (QED) is 0.568. The van der Waals surface area contributed by atoms with Crippen molar-refractivity contribution in [3.05, 3.63) is 31.3 Å². The third-order valence-corrected chi connectivity index (χ3v) is 3.88. The molecule has 0 amide bonds. The lowest BCUT2D eigenvalue weighted by Crippen LogP contribution is -2.04. The van der Waals surface area contributed by atoms with Gasteiger partial charge in [-0.1, -0.05) is 0 Å². The van der Waals surface area contributed by atoms with Gasteiger partial charge in [-0.3, -0.25) is 0 Å². The maximum Gasteiger partial charge on any atom is 0.339 e. The van der Waals surface area contributed by atoms with E-state index in [0.717, 1.165) is 8.04 Å². The fourth-order valence-electron chi connectivity index (χ4n) is 0.918. The Bertz CT molecular complexity index is 426. The molecule has 0 spiro atoms. The number of nitriles is 1. The Morgan fingerprint density at radius 3 is 2.79 bits per heavy atom. The second-order valence-electron chi connectivity index (χ2n) is 2.42. The average Bonchev–Trinajstić information content (AvgIpc) is 2.20. The van der Waals surface area contributed by atoms with Crippen molar-refractivity contribution in [1.29, 1.82) is 5.26 Å². The lowest BCUT2D eigenvalue weighted by molar-refractivity contribution is 0.0600. The van der Waals surface area contributed by atoms with Gasteiger partial charge in [-0.05, 0) is 50.7 Å². The molecule has 0 saturated carbocycles. The molecule has 0 fully saturated rings. The van der Waals surface area contributed by atoms with Gasteiger partial charge in [0, 0.05) is 8.04 Å². The van der Waals surface area contributed by atoms with Crippen molar-refractivity contribution in [2.45, 2.75) is 0 Å². The zero-order chi connectivity index (χ0) is 10.7. The highest BCUT2D eigenvalue weighted by Gasteiger charge is 2.13. The molecule has 0 unspecified atom stereocenters. The number of halogens is 2. The van der Waals surface area contributed by atoms with Crippen LogP contribution in [-0.4, -0.2) is 13.1 Å². The van der Waals surface area contributed by atoms with Crippen LogP contribution >= 0.6 is 38.5 Å². The highest BCUT2D eigenvalue weighted by Crippen LogP contribution is 2.23. The molecule has 72 valence electrons. The standard InChI is InChI=1S/C9H5BrINO2/c1-14-9(13)6-3-8(11)7(10)2-5(6)4-12/h2-3H,1H3. The topological polar surface area (TPSA) is 50.1 Å². The summed E-state index contributed by atoms with van der Waals surface area (Å²) < 4.78 is 6.22. The Hall–Kier alpha value is -0.610. The Labute approximate surface area is 103 Å². The van der Waals surface area contributed by atoms with Crippen LogP contribution in [0.2, 0.25) is 0 Å². The summed E-state index contributed by atoms with van der Waals surface area (Å²) in [6.45, 7) is 0. The molecule has 1 aromatic carbocycles. The summed E-state index contributed by atoms with van der Waals surface area (Å²) in [4.78, 5) is 11.3. The largest absolute Gasteiger partial charge is 0.465 e. The molecule has 0 aliphatic heterocycles. The first-order valence-electron chi connectivity index (χ1n) is 3.57. The van der Waals surface area contributed by atoms with Crippen LogP contribution in [0.4, 0.5) is 0 Å². The summed E-state index contributed by atoms with van der Waals surface area (Å²) in [6.07, 6.45) is 0. The monoisotopic (exact) mass is 365 g/mol. The van der Waals surface area contributed by atoms with Crippen LogP contribution in [0, 0.1) is 14.9 Å². The molecule has 0 saturated heterocycles. The van der Waals surface area contributed by atoms with E-state index in [1.54, 1.807) is 12.1 Å². The smallest absolute Gasteiger partial charge is 0.339 e. The molecular weight excluding hydrogens is 361 g/mol. The van der Waals surface area contributed by atoms with Crippen molar-refractivity contribution in [3.8, 4) is 6.07 Å². The first-order valence-corrected chi connectivity index (χ1v) is 5.44. The average molecular weight is 366 g/mol. The summed E-state index contributed by atoms with van der Waals surface area (Å²) in [5.41, 5.74) is 0.603. The summed E-state index contributed by atoms with van der Waals surface area (Å²) in [7, 11) is 1.29. The number of nitrogens with zero attached hydrogens (tertiary/aromatic N) is 1. The number of esters is 1. The van der Waals surface area contributed by atoms with Gasteiger partial charge in [0.2, 0.25) is 0 Å². The van der Waals surface area contributed by atoms with Crippen LogP contribution < -0.4 is 0 Å². The number of ether oxygens (including phenoxy) is 1. The number of carbonyl (C=O) groups is 1. The van der Waals surface area contributed by atoms with Gasteiger partial charge in [-0.15, -0.1) is 0 Å². The van der Waals surface area contributed by atoms with Crippen LogP contribution in [0.3, 0.4) is 0 Å². The van der Waals surface area contributed by atoms with Crippen molar-refractivity contribution in [3.63, 3.8) is 0 Å². The molecule has 0 radical (unpaired) electrons. The molecule has 3 nitrogen and oxygen atoms in total. The summed E-state index contributed by atoms with van der Waals surface area (Å²) in [6, 6.07) is 5.17. The van der Waals surface area contributed by atoms with E-state index in [1.807, 2.05) is 6.07 Å². The van der Waals surface area contributed by atoms with E-state index in [0.29, 0.717) is 11.1 Å². The molecule has 0 aromatic heterocycles. The predicted molar refractivity (Wildman–Crippen MR) is 62.9 cm³/mol. The lowest BCUT2D eigenvalue weighted by atomic mass is 10.1. The molecule has 1 aromatic rings. The number of carbonyl (C=O) groups excluding carboxylic acids is 1. The number of methoxy groups -OCH3 is 1. The normalized spacial score (nSPS) is 9.29. The van der Waals surface area contributed by atoms with Crippen LogP contribution in [0.1, 0.15) is 15.9 Å². The van der Waals surface area contributed by atoms with Crippen molar-refractivity contribution >= 4 is 44.5 Å². The Morgan fingerprint density at radius 1 is 1.64 bits per heavy atom. The molecule has 0 aliphatic carbocycles. The Morgan fingerprint density at radius 2 is 2.29 bits per heavy atom. The highest BCUT2D eigenvalue weighted by molar-refractivity contribution is 14.1. The summed E-state index contributed by atoms with van der Waals surface area (Å²) in [5.74, 6) is -0.494. The van der Waals surface area contributed by atoms with Crippen molar-refractivity contribution in [1.82, 2.24) is 0 Å². The fraction of sp³-hybridized carbons (Fsp3) is 0.111. The third kappa shape index (κ3) is 2.25. The summed E-state index contributed by atoms with van der Waals surface area (Å²) in [5, 5.41) is 8.80. The minimum absolute atomic E-state index is 0.294. The van der Waals surface area contributed by atoms with Gasteiger partial charge in [-0.25, -0.2) is 4.79 Å². The van der Waals surface area contributed by atoms with Crippen LogP contribution in [-0.2, 0) is 4.74 Å². The highest BCUT2D eigenvalue weighted by atomic mass is 127. The number of benzene rings is 1. The van der Waals surface area contributed by atoms with Crippen LogP contribution in [0.15, 0.2) is 16.6 Å². The van der Waals surface area contributed by atoms with Gasteiger partial charge in [0.25, 0.3) is 0 Å². The van der Waals surface area contributed by atoms with E-state index < -0.39 is 5.97 Å². The van der Waals surface area contributed by atoms with Crippen molar-refractivity contribution in [2.75, 3.05) is 7.11 Å². The van der Waals surface area contributed by atoms with Gasteiger partial charge in [0.1, 0.15) is 6.07 Å². The summed E-state index contributed by atoms with van der Waals surface area (Å²) >= 11 is 5.35. The first kappa shape index (κ1) is 11.5. The van der Waals surface area contributed by atoms with Crippen molar-refractivity contribution in [2.24, 2.45) is 0 Å². The van der Waals surface area contributed by atoms with Gasteiger partial charge < -0.3 is 4.74 Å². The van der Waals surface area contributed by atoms with Gasteiger partial charge in [0.05, 0.1) is 18.2 Å². The van der Waals surface area contributed by atoms with Crippen molar-refractivity contribution < 1.29 is 9.53 Å². The fourth-order valence-corrected chi connectivity index (χ4v) is 1.73. The van der Waals surface area contributed by atoms with Gasteiger partial charge in [-0.2, -0.15) is 5.26 Å². The molecule has 14 heavy (non-hydrogen) atoms. The molecule has 0 aliphatic rings. The number of hydrogen-bond donors (Lipinski definition) is 0. The first-order chi connectivity index (χ1) is 6.60. The van der Waals surface area contributed by atoms with E-state index in [2.05, 4.69) is 43.3 Å². The zero-order valence-corrected chi connectivity index (χ0v) is 10.9. The van der Waals surface area contributed by atoms with E-state index in [9.17, 15) is 4.79 Å². The van der Waals surface area contributed by atoms with E-state index >= 15 is 0 Å². The SMILES string of the molecule is COC(=O)c1cc(I)c(Br)cc1C#N. The molecule has 0 heterocycles. The van der Waals surface area contributed by atoms with Gasteiger partial charge >= 0.3 is 5.97 Å². The molecular formula is C9H5BrINO2. The van der Waals surface area contributed by atoms with Crippen LogP contribution in [0.25, 0.3) is 0 Å². The van der Waals surface area contributed by atoms with E-state index in [1.165, 1.54) is 7.11 Å². The van der Waals surface area contributed by atoms with E-state index in [-0.39, 0.29) is 0 Å². The minimum Gasteiger partial charge on any atom is -0.465 e. The van der Waals surface area contributed by atoms with Gasteiger partial charge in [0.15, 0.2) is 0 Å². The molecule has 0 atom stereocenters. The lowest BCUT2D eigenvalue weighted by Gasteiger charge is -2.03. The Balaban J connectivity index is 3.36. The van der Waals surface area contributed by atoms with Crippen LogP contribution in [0.5, 0.6) is 0 Å². The maximum atomic E-state index is 11.3. The molecule has 0 bridgehead atoms. The minimum atomic E-state index is -0.494. The molecule has 1 rings (SSSR count). The number of hydrogen-bond acceptors (Lipinski definition) is 3. The zero-order valence-electron chi connectivity index (χ0n) is 7.17. The predicted octanol–water partition coefficient (Wildman–Crippen LogP) is 2.71. The second-order valence-corrected chi connectivity index (χ2v) is 4.43. The second kappa shape index (κ2) is 4.75. The maximum absolute atomic E-state index is 11.3.